The lowest BCUT2D eigenvalue weighted by molar-refractivity contribution is 0.0592. The van der Waals surface area contributed by atoms with Crippen LogP contribution in [0.15, 0.2) is 12.1 Å². The Morgan fingerprint density at radius 2 is 1.89 bits per heavy atom. The number of anilines is 1. The van der Waals surface area contributed by atoms with E-state index in [0.717, 1.165) is 0 Å². The van der Waals surface area contributed by atoms with Crippen LogP contribution in [0.2, 0.25) is 0 Å². The van der Waals surface area contributed by atoms with Gasteiger partial charge in [0.25, 0.3) is 0 Å². The van der Waals surface area contributed by atoms with Crippen LogP contribution >= 0.6 is 0 Å². The lowest BCUT2D eigenvalue weighted by Crippen LogP contribution is -2.49. The number of carbonyl (C=O) groups is 1. The third kappa shape index (κ3) is 3.13. The predicted octanol–water partition coefficient (Wildman–Crippen LogP) is -1.61. The van der Waals surface area contributed by atoms with E-state index in [0.29, 0.717) is 0 Å². The summed E-state index contributed by atoms with van der Waals surface area (Å²) in [6.45, 7) is -1.46. The molecule has 0 aliphatic heterocycles. The van der Waals surface area contributed by atoms with E-state index in [1.807, 2.05) is 0 Å². The highest BCUT2D eigenvalue weighted by Gasteiger charge is 2.28. The average molecular weight is 257 g/mol. The van der Waals surface area contributed by atoms with Gasteiger partial charge in [-0.05, 0) is 12.1 Å². The second kappa shape index (κ2) is 6.24. The first-order chi connectivity index (χ1) is 8.60. The van der Waals surface area contributed by atoms with Crippen molar-refractivity contribution in [2.45, 2.75) is 5.54 Å². The fraction of sp³-hybridized carbons (Fsp3) is 0.500. The molecule has 0 radical (unpaired) electrons. The summed E-state index contributed by atoms with van der Waals surface area (Å²) in [6.07, 6.45) is 0. The summed E-state index contributed by atoms with van der Waals surface area (Å²) in [6, 6.07) is 2.80. The Balaban J connectivity index is 2.83. The number of aliphatic hydroxyl groups is 3. The van der Waals surface area contributed by atoms with Gasteiger partial charge in [-0.15, -0.1) is 10.2 Å². The molecule has 1 rings (SSSR count). The number of aliphatic hydroxyl groups excluding tert-OH is 3. The zero-order chi connectivity index (χ0) is 13.6. The second-order valence-electron chi connectivity index (χ2n) is 3.68. The van der Waals surface area contributed by atoms with E-state index in [9.17, 15) is 4.79 Å². The third-order valence-corrected chi connectivity index (χ3v) is 2.36. The molecule has 0 amide bonds. The Hall–Kier alpha value is -1.77. The molecule has 0 aromatic carbocycles. The number of nitrogens with one attached hydrogen (secondary N) is 1. The molecule has 8 heteroatoms. The average Bonchev–Trinajstić information content (AvgIpc) is 2.45. The Morgan fingerprint density at radius 3 is 2.28 bits per heavy atom. The minimum absolute atomic E-state index is 0.0330. The smallest absolute Gasteiger partial charge is 0.358 e. The van der Waals surface area contributed by atoms with Gasteiger partial charge >= 0.3 is 5.97 Å². The van der Waals surface area contributed by atoms with Crippen LogP contribution in [0.25, 0.3) is 0 Å². The topological polar surface area (TPSA) is 125 Å². The fourth-order valence-corrected chi connectivity index (χ4v) is 1.15. The van der Waals surface area contributed by atoms with E-state index in [2.05, 4.69) is 20.3 Å². The molecule has 8 nitrogen and oxygen atoms in total. The highest BCUT2D eigenvalue weighted by Crippen LogP contribution is 2.12. The predicted molar refractivity (Wildman–Crippen MR) is 61.0 cm³/mol. The van der Waals surface area contributed by atoms with Crippen molar-refractivity contribution in [1.29, 1.82) is 0 Å². The Morgan fingerprint density at radius 1 is 1.28 bits per heavy atom. The zero-order valence-electron chi connectivity index (χ0n) is 9.83. The van der Waals surface area contributed by atoms with Crippen molar-refractivity contribution in [2.75, 3.05) is 32.2 Å². The summed E-state index contributed by atoms with van der Waals surface area (Å²) in [5.41, 5.74) is -1.26. The van der Waals surface area contributed by atoms with E-state index in [1.165, 1.54) is 19.2 Å². The van der Waals surface area contributed by atoms with Gasteiger partial charge in [-0.2, -0.15) is 0 Å². The van der Waals surface area contributed by atoms with Gasteiger partial charge in [0.15, 0.2) is 5.69 Å². The van der Waals surface area contributed by atoms with Crippen molar-refractivity contribution in [1.82, 2.24) is 10.2 Å². The van der Waals surface area contributed by atoms with Crippen molar-refractivity contribution < 1.29 is 24.9 Å². The highest BCUT2D eigenvalue weighted by molar-refractivity contribution is 5.86. The molecule has 0 spiro atoms. The van der Waals surface area contributed by atoms with Gasteiger partial charge < -0.3 is 25.4 Å². The molecule has 0 saturated heterocycles. The van der Waals surface area contributed by atoms with E-state index in [-0.39, 0.29) is 11.5 Å². The van der Waals surface area contributed by atoms with Crippen molar-refractivity contribution in [3.05, 3.63) is 17.8 Å². The maximum absolute atomic E-state index is 11.1. The van der Waals surface area contributed by atoms with Crippen LogP contribution in [0.5, 0.6) is 0 Å². The van der Waals surface area contributed by atoms with Crippen LogP contribution in [0.3, 0.4) is 0 Å². The van der Waals surface area contributed by atoms with Crippen molar-refractivity contribution in [2.24, 2.45) is 0 Å². The molecule has 1 aromatic rings. The molecule has 0 bridgehead atoms. The minimum Gasteiger partial charge on any atom is -0.464 e. The Bertz CT molecular complexity index is 383. The quantitative estimate of drug-likeness (QED) is 0.449. The van der Waals surface area contributed by atoms with Crippen LogP contribution in [0.4, 0.5) is 5.82 Å². The van der Waals surface area contributed by atoms with Gasteiger partial charge in [0.1, 0.15) is 11.4 Å². The lowest BCUT2D eigenvalue weighted by Gasteiger charge is -2.28. The van der Waals surface area contributed by atoms with Crippen LogP contribution in [-0.4, -0.2) is 64.0 Å². The standard InChI is InChI=1S/C10H15N3O5/c1-18-9(17)7-2-3-8(13-12-7)11-10(4-14,5-15)6-16/h2-3,14-16H,4-6H2,1H3,(H,11,13). The number of nitrogens with zero attached hydrogens (tertiary/aromatic N) is 2. The summed E-state index contributed by atoms with van der Waals surface area (Å²) in [5, 5.41) is 37.3. The number of carbonyl (C=O) groups excluding carboxylic acids is 1. The monoisotopic (exact) mass is 257 g/mol. The van der Waals surface area contributed by atoms with Gasteiger partial charge in [-0.1, -0.05) is 0 Å². The molecule has 1 aromatic heterocycles. The molecule has 0 aliphatic carbocycles. The molecule has 18 heavy (non-hydrogen) atoms. The largest absolute Gasteiger partial charge is 0.464 e. The lowest BCUT2D eigenvalue weighted by atomic mass is 10.0. The first kappa shape index (κ1) is 14.3. The SMILES string of the molecule is COC(=O)c1ccc(NC(CO)(CO)CO)nn1. The van der Waals surface area contributed by atoms with Gasteiger partial charge in [0, 0.05) is 0 Å². The third-order valence-electron chi connectivity index (χ3n) is 2.36. The summed E-state index contributed by atoms with van der Waals surface area (Å²) < 4.78 is 4.46. The summed E-state index contributed by atoms with van der Waals surface area (Å²) in [5.74, 6) is -0.411. The normalized spacial score (nSPS) is 11.1. The molecule has 100 valence electrons. The van der Waals surface area contributed by atoms with Crippen LogP contribution in [0, 0.1) is 0 Å². The first-order valence-electron chi connectivity index (χ1n) is 5.13. The molecule has 0 atom stereocenters. The maximum atomic E-state index is 11.1. The van der Waals surface area contributed by atoms with Crippen molar-refractivity contribution in [3.8, 4) is 0 Å². The van der Waals surface area contributed by atoms with Crippen molar-refractivity contribution >= 4 is 11.8 Å². The number of aromatic nitrogens is 2. The van der Waals surface area contributed by atoms with Crippen LogP contribution in [-0.2, 0) is 4.74 Å². The van der Waals surface area contributed by atoms with Crippen LogP contribution in [0.1, 0.15) is 10.5 Å². The highest BCUT2D eigenvalue weighted by atomic mass is 16.5. The molecule has 0 saturated carbocycles. The minimum atomic E-state index is -1.29. The number of hydrogen-bond donors (Lipinski definition) is 4. The first-order valence-corrected chi connectivity index (χ1v) is 5.13. The van der Waals surface area contributed by atoms with E-state index >= 15 is 0 Å². The van der Waals surface area contributed by atoms with Gasteiger partial charge in [-0.25, -0.2) is 4.79 Å². The Kier molecular flexibility index (Phi) is 4.95. The molecular weight excluding hydrogens is 242 g/mol. The summed E-state index contributed by atoms with van der Waals surface area (Å²) >= 11 is 0. The van der Waals surface area contributed by atoms with Gasteiger partial charge in [0.2, 0.25) is 0 Å². The summed E-state index contributed by atoms with van der Waals surface area (Å²) in [4.78, 5) is 11.1. The molecule has 0 fully saturated rings. The maximum Gasteiger partial charge on any atom is 0.358 e. The molecular formula is C10H15N3O5. The molecule has 0 aliphatic rings. The van der Waals surface area contributed by atoms with Crippen molar-refractivity contribution in [3.63, 3.8) is 0 Å². The van der Waals surface area contributed by atoms with Gasteiger partial charge in [-0.3, -0.25) is 0 Å². The Labute approximate surface area is 103 Å². The van der Waals surface area contributed by atoms with E-state index in [1.54, 1.807) is 0 Å². The fourth-order valence-electron chi connectivity index (χ4n) is 1.15. The van der Waals surface area contributed by atoms with Gasteiger partial charge in [0.05, 0.1) is 26.9 Å². The number of hydrogen-bond acceptors (Lipinski definition) is 8. The number of methoxy groups -OCH3 is 1. The number of ether oxygens (including phenoxy) is 1. The molecule has 1 heterocycles. The van der Waals surface area contributed by atoms with E-state index in [4.69, 9.17) is 15.3 Å². The number of esters is 1. The zero-order valence-corrected chi connectivity index (χ0v) is 9.83. The second-order valence-corrected chi connectivity index (χ2v) is 3.68. The molecule has 4 N–H and O–H groups in total. The van der Waals surface area contributed by atoms with E-state index < -0.39 is 31.3 Å². The summed E-state index contributed by atoms with van der Waals surface area (Å²) in [7, 11) is 1.23. The molecule has 0 unspecified atom stereocenters. The van der Waals surface area contributed by atoms with Crippen LogP contribution < -0.4 is 5.32 Å². The number of rotatable bonds is 6.